The summed E-state index contributed by atoms with van der Waals surface area (Å²) in [5, 5.41) is 0. The van der Waals surface area contributed by atoms with Gasteiger partial charge in [-0.2, -0.15) is 0 Å². The van der Waals surface area contributed by atoms with Gasteiger partial charge in [0.1, 0.15) is 0 Å². The second-order valence-corrected chi connectivity index (χ2v) is 5.66. The van der Waals surface area contributed by atoms with Crippen molar-refractivity contribution in [2.75, 3.05) is 12.8 Å². The first-order valence-electron chi connectivity index (χ1n) is 5.09. The zero-order chi connectivity index (χ0) is 10.2. The van der Waals surface area contributed by atoms with Gasteiger partial charge in [0.15, 0.2) is 0 Å². The standard InChI is InChI=1S/C10H21O2P/c1-4-7-9-12-13(11,6-3)10-8-5-2/h8,10H,4-7,9H2,1-3H3. The molecule has 78 valence electrons. The number of unbranched alkanes of at least 4 members (excludes halogenated alkanes) is 1. The van der Waals surface area contributed by atoms with Crippen LogP contribution in [-0.4, -0.2) is 12.8 Å². The minimum Gasteiger partial charge on any atom is -0.326 e. The molecule has 0 aromatic heterocycles. The summed E-state index contributed by atoms with van der Waals surface area (Å²) in [6.07, 6.45) is 5.52. The summed E-state index contributed by atoms with van der Waals surface area (Å²) < 4.78 is 17.3. The van der Waals surface area contributed by atoms with Crippen LogP contribution in [0.15, 0.2) is 11.9 Å². The van der Waals surface area contributed by atoms with Gasteiger partial charge < -0.3 is 4.52 Å². The van der Waals surface area contributed by atoms with Crippen LogP contribution in [0.25, 0.3) is 0 Å². The Morgan fingerprint density at radius 1 is 1.31 bits per heavy atom. The van der Waals surface area contributed by atoms with Gasteiger partial charge in [-0.25, -0.2) is 0 Å². The highest BCUT2D eigenvalue weighted by atomic mass is 31.2. The average Bonchev–Trinajstić information content (AvgIpc) is 2.15. The predicted octanol–water partition coefficient (Wildman–Crippen LogP) is 4.02. The zero-order valence-electron chi connectivity index (χ0n) is 8.95. The molecule has 0 aromatic rings. The summed E-state index contributed by atoms with van der Waals surface area (Å²) in [7, 11) is -2.43. The Labute approximate surface area is 81.8 Å². The summed E-state index contributed by atoms with van der Waals surface area (Å²) >= 11 is 0. The van der Waals surface area contributed by atoms with Crippen molar-refractivity contribution in [3.05, 3.63) is 11.9 Å². The minimum atomic E-state index is -2.43. The SMILES string of the molecule is CCC=CP(=O)(CC)OCCCC. The van der Waals surface area contributed by atoms with Gasteiger partial charge in [0.2, 0.25) is 7.37 Å². The van der Waals surface area contributed by atoms with Crippen molar-refractivity contribution in [2.45, 2.75) is 40.0 Å². The van der Waals surface area contributed by atoms with Crippen LogP contribution in [0.3, 0.4) is 0 Å². The Kier molecular flexibility index (Phi) is 7.31. The van der Waals surface area contributed by atoms with Crippen LogP contribution < -0.4 is 0 Å². The summed E-state index contributed by atoms with van der Waals surface area (Å²) in [4.78, 5) is 0. The van der Waals surface area contributed by atoms with Gasteiger partial charge in [-0.05, 0) is 18.7 Å². The molecule has 0 heterocycles. The largest absolute Gasteiger partial charge is 0.326 e. The molecule has 0 fully saturated rings. The van der Waals surface area contributed by atoms with E-state index in [9.17, 15) is 4.57 Å². The van der Waals surface area contributed by atoms with Gasteiger partial charge in [-0.3, -0.25) is 4.57 Å². The van der Waals surface area contributed by atoms with Crippen LogP contribution in [0.4, 0.5) is 0 Å². The number of hydrogen-bond donors (Lipinski definition) is 0. The van der Waals surface area contributed by atoms with Gasteiger partial charge >= 0.3 is 0 Å². The lowest BCUT2D eigenvalue weighted by atomic mass is 10.4. The summed E-state index contributed by atoms with van der Waals surface area (Å²) in [5.41, 5.74) is 0. The van der Waals surface area contributed by atoms with Crippen molar-refractivity contribution in [3.8, 4) is 0 Å². The Morgan fingerprint density at radius 2 is 2.00 bits per heavy atom. The topological polar surface area (TPSA) is 26.3 Å². The van der Waals surface area contributed by atoms with Crippen molar-refractivity contribution in [1.29, 1.82) is 0 Å². The van der Waals surface area contributed by atoms with E-state index in [-0.39, 0.29) is 0 Å². The molecule has 0 aliphatic carbocycles. The fraction of sp³-hybridized carbons (Fsp3) is 0.800. The van der Waals surface area contributed by atoms with E-state index in [1.54, 1.807) is 5.82 Å². The molecule has 3 heteroatoms. The number of allylic oxidation sites excluding steroid dienone is 1. The van der Waals surface area contributed by atoms with Crippen LogP contribution >= 0.6 is 7.37 Å². The van der Waals surface area contributed by atoms with Crippen molar-refractivity contribution in [3.63, 3.8) is 0 Å². The van der Waals surface area contributed by atoms with Crippen LogP contribution in [0, 0.1) is 0 Å². The van der Waals surface area contributed by atoms with Crippen LogP contribution in [0.1, 0.15) is 40.0 Å². The van der Waals surface area contributed by atoms with E-state index in [2.05, 4.69) is 6.92 Å². The first kappa shape index (κ1) is 12.9. The summed E-state index contributed by atoms with van der Waals surface area (Å²) in [5.74, 6) is 1.75. The molecule has 1 atom stereocenters. The highest BCUT2D eigenvalue weighted by Gasteiger charge is 2.14. The van der Waals surface area contributed by atoms with Gasteiger partial charge in [-0.1, -0.05) is 33.3 Å². The predicted molar refractivity (Wildman–Crippen MR) is 58.4 cm³/mol. The molecular weight excluding hydrogens is 183 g/mol. The molecule has 0 radical (unpaired) electrons. The van der Waals surface area contributed by atoms with E-state index in [1.807, 2.05) is 19.9 Å². The Hall–Kier alpha value is -0.0700. The molecule has 2 nitrogen and oxygen atoms in total. The fourth-order valence-electron chi connectivity index (χ4n) is 0.869. The minimum absolute atomic E-state index is 0.604. The smallest absolute Gasteiger partial charge is 0.224 e. The second-order valence-electron chi connectivity index (χ2n) is 3.02. The van der Waals surface area contributed by atoms with Crippen molar-refractivity contribution in [1.82, 2.24) is 0 Å². The molecule has 0 saturated heterocycles. The van der Waals surface area contributed by atoms with Gasteiger partial charge in [0.05, 0.1) is 6.61 Å². The third kappa shape index (κ3) is 6.06. The normalized spacial score (nSPS) is 16.2. The Morgan fingerprint density at radius 3 is 2.46 bits per heavy atom. The molecule has 0 spiro atoms. The van der Waals surface area contributed by atoms with Crippen molar-refractivity contribution < 1.29 is 9.09 Å². The third-order valence-electron chi connectivity index (χ3n) is 1.82. The number of rotatable bonds is 7. The van der Waals surface area contributed by atoms with E-state index in [0.29, 0.717) is 12.8 Å². The molecule has 1 unspecified atom stereocenters. The highest BCUT2D eigenvalue weighted by Crippen LogP contribution is 2.48. The highest BCUT2D eigenvalue weighted by molar-refractivity contribution is 7.62. The molecule has 13 heavy (non-hydrogen) atoms. The molecule has 0 saturated carbocycles. The molecule has 0 N–H and O–H groups in total. The Balaban J connectivity index is 3.97. The van der Waals surface area contributed by atoms with E-state index >= 15 is 0 Å². The van der Waals surface area contributed by atoms with Gasteiger partial charge in [-0.15, -0.1) is 0 Å². The molecule has 0 bridgehead atoms. The van der Waals surface area contributed by atoms with Gasteiger partial charge in [0.25, 0.3) is 0 Å². The molecule has 0 rings (SSSR count). The lowest BCUT2D eigenvalue weighted by molar-refractivity contribution is 0.312. The van der Waals surface area contributed by atoms with Crippen LogP contribution in [0.5, 0.6) is 0 Å². The van der Waals surface area contributed by atoms with E-state index in [1.165, 1.54) is 0 Å². The fourth-order valence-corrected chi connectivity index (χ4v) is 2.32. The Bertz CT molecular complexity index is 187. The van der Waals surface area contributed by atoms with Crippen LogP contribution in [-0.2, 0) is 9.09 Å². The molecular formula is C10H21O2P. The summed E-state index contributed by atoms with van der Waals surface area (Å²) in [6.45, 7) is 6.66. The number of hydrogen-bond acceptors (Lipinski definition) is 2. The quantitative estimate of drug-likeness (QED) is 0.462. The first-order chi connectivity index (χ1) is 6.18. The first-order valence-corrected chi connectivity index (χ1v) is 6.97. The molecule has 0 aromatic carbocycles. The van der Waals surface area contributed by atoms with Crippen LogP contribution in [0.2, 0.25) is 0 Å². The van der Waals surface area contributed by atoms with E-state index in [4.69, 9.17) is 4.52 Å². The van der Waals surface area contributed by atoms with Crippen molar-refractivity contribution in [2.24, 2.45) is 0 Å². The van der Waals surface area contributed by atoms with E-state index < -0.39 is 7.37 Å². The van der Waals surface area contributed by atoms with Gasteiger partial charge in [0, 0.05) is 6.16 Å². The maximum Gasteiger partial charge on any atom is 0.224 e. The average molecular weight is 204 g/mol. The lowest BCUT2D eigenvalue weighted by Crippen LogP contribution is -1.93. The third-order valence-corrected chi connectivity index (χ3v) is 3.98. The zero-order valence-corrected chi connectivity index (χ0v) is 9.85. The lowest BCUT2D eigenvalue weighted by Gasteiger charge is -2.12. The second kappa shape index (κ2) is 7.34. The van der Waals surface area contributed by atoms with Crippen molar-refractivity contribution >= 4 is 7.37 Å². The maximum atomic E-state index is 11.9. The molecule has 0 aliphatic rings. The summed E-state index contributed by atoms with van der Waals surface area (Å²) in [6, 6.07) is 0. The molecule has 0 amide bonds. The monoisotopic (exact) mass is 204 g/mol. The molecule has 0 aliphatic heterocycles. The maximum absolute atomic E-state index is 11.9. The van der Waals surface area contributed by atoms with E-state index in [0.717, 1.165) is 19.3 Å².